The Morgan fingerprint density at radius 3 is 2.52 bits per heavy atom. The molecule has 0 spiro atoms. The quantitative estimate of drug-likeness (QED) is 0.798. The fourth-order valence-corrected chi connectivity index (χ4v) is 3.79. The van der Waals surface area contributed by atoms with Crippen molar-refractivity contribution in [3.63, 3.8) is 0 Å². The van der Waals surface area contributed by atoms with Crippen LogP contribution in [0.25, 0.3) is 5.65 Å². The molecule has 0 amide bonds. The summed E-state index contributed by atoms with van der Waals surface area (Å²) in [5.74, 6) is 1.15. The fraction of sp³-hybridized carbons (Fsp3) is 0.600. The monoisotopic (exact) mass is 339 g/mol. The molecule has 0 saturated heterocycles. The summed E-state index contributed by atoms with van der Waals surface area (Å²) in [5.41, 5.74) is 0.621. The predicted molar refractivity (Wildman–Crippen MR) is 91.0 cm³/mol. The Bertz CT molecular complexity index is 750. The lowest BCUT2D eigenvalue weighted by Crippen LogP contribution is -2.30. The van der Waals surface area contributed by atoms with Crippen molar-refractivity contribution in [3.8, 4) is 0 Å². The van der Waals surface area contributed by atoms with E-state index in [9.17, 15) is 8.42 Å². The number of nitrogens with one attached hydrogen (secondary N) is 1. The summed E-state index contributed by atoms with van der Waals surface area (Å²) in [7, 11) is -3.49. The van der Waals surface area contributed by atoms with Crippen LogP contribution in [0, 0.1) is 5.92 Å². The van der Waals surface area contributed by atoms with Crippen molar-refractivity contribution in [2.24, 2.45) is 5.92 Å². The van der Waals surface area contributed by atoms with E-state index in [2.05, 4.69) is 29.4 Å². The van der Waals surface area contributed by atoms with Crippen molar-refractivity contribution in [2.75, 3.05) is 25.0 Å². The molecule has 0 aliphatic carbocycles. The van der Waals surface area contributed by atoms with Gasteiger partial charge in [-0.3, -0.25) is 4.40 Å². The lowest BCUT2D eigenvalue weighted by Gasteiger charge is -2.18. The van der Waals surface area contributed by atoms with Crippen LogP contribution in [0.1, 0.15) is 34.1 Å². The Labute approximate surface area is 137 Å². The summed E-state index contributed by atoms with van der Waals surface area (Å²) in [5, 5.41) is 11.4. The first-order chi connectivity index (χ1) is 10.9. The van der Waals surface area contributed by atoms with Crippen LogP contribution in [0.3, 0.4) is 0 Å². The maximum atomic E-state index is 12.6. The van der Waals surface area contributed by atoms with Crippen LogP contribution in [0.5, 0.6) is 0 Å². The molecule has 1 N–H and O–H groups in total. The normalized spacial score (nSPS) is 12.4. The minimum absolute atomic E-state index is 0.250. The molecule has 23 heavy (non-hydrogen) atoms. The van der Waals surface area contributed by atoms with Crippen molar-refractivity contribution in [1.82, 2.24) is 18.9 Å². The SMILES string of the molecule is CCN(CC)S(=O)(=O)c1ccc2nnc(NCCC(C)C)n2c1. The van der Waals surface area contributed by atoms with Gasteiger partial charge in [-0.1, -0.05) is 27.7 Å². The number of anilines is 1. The highest BCUT2D eigenvalue weighted by atomic mass is 32.2. The highest BCUT2D eigenvalue weighted by Gasteiger charge is 2.22. The zero-order valence-corrected chi connectivity index (χ0v) is 15.0. The number of pyridine rings is 1. The second-order valence-electron chi connectivity index (χ2n) is 5.82. The Balaban J connectivity index is 2.34. The van der Waals surface area contributed by atoms with Crippen LogP contribution in [0.2, 0.25) is 0 Å². The van der Waals surface area contributed by atoms with E-state index < -0.39 is 10.0 Å². The number of aromatic nitrogens is 3. The van der Waals surface area contributed by atoms with Crippen LogP contribution < -0.4 is 5.32 Å². The van der Waals surface area contributed by atoms with Crippen molar-refractivity contribution >= 4 is 21.6 Å². The molecule has 0 aromatic carbocycles. The molecule has 128 valence electrons. The van der Waals surface area contributed by atoms with Gasteiger partial charge in [-0.25, -0.2) is 8.42 Å². The zero-order chi connectivity index (χ0) is 17.0. The Hall–Kier alpha value is -1.67. The standard InChI is InChI=1S/C15H25N5O2S/c1-5-19(6-2)23(21,22)13-7-8-14-17-18-15(20(14)11-13)16-10-9-12(3)4/h7-8,11-12H,5-6,9-10H2,1-4H3,(H,16,18). The lowest BCUT2D eigenvalue weighted by molar-refractivity contribution is 0.445. The summed E-state index contributed by atoms with van der Waals surface area (Å²) in [6.45, 7) is 9.62. The maximum Gasteiger partial charge on any atom is 0.244 e. The molecule has 2 rings (SSSR count). The van der Waals surface area contributed by atoms with E-state index >= 15 is 0 Å². The summed E-state index contributed by atoms with van der Waals surface area (Å²) in [4.78, 5) is 0.250. The van der Waals surface area contributed by atoms with Gasteiger partial charge in [-0.05, 0) is 24.5 Å². The fourth-order valence-electron chi connectivity index (χ4n) is 2.33. The number of hydrogen-bond acceptors (Lipinski definition) is 5. The average Bonchev–Trinajstić information content (AvgIpc) is 2.90. The van der Waals surface area contributed by atoms with Gasteiger partial charge in [-0.2, -0.15) is 4.31 Å². The van der Waals surface area contributed by atoms with E-state index in [0.717, 1.165) is 13.0 Å². The van der Waals surface area contributed by atoms with E-state index in [1.807, 2.05) is 13.8 Å². The van der Waals surface area contributed by atoms with Crippen molar-refractivity contribution in [3.05, 3.63) is 18.3 Å². The number of hydrogen-bond donors (Lipinski definition) is 1. The molecule has 7 nitrogen and oxygen atoms in total. The Kier molecular flexibility index (Phi) is 5.59. The van der Waals surface area contributed by atoms with Gasteiger partial charge in [0.05, 0.1) is 4.90 Å². The molecular formula is C15H25N5O2S. The summed E-state index contributed by atoms with van der Waals surface area (Å²) < 4.78 is 28.4. The van der Waals surface area contributed by atoms with Gasteiger partial charge < -0.3 is 5.32 Å². The molecular weight excluding hydrogens is 314 g/mol. The topological polar surface area (TPSA) is 79.6 Å². The van der Waals surface area contributed by atoms with Crippen LogP contribution in [0.4, 0.5) is 5.95 Å². The van der Waals surface area contributed by atoms with E-state index in [-0.39, 0.29) is 4.90 Å². The number of sulfonamides is 1. The van der Waals surface area contributed by atoms with E-state index in [0.29, 0.717) is 30.6 Å². The smallest absolute Gasteiger partial charge is 0.244 e. The van der Waals surface area contributed by atoms with Gasteiger partial charge in [0.2, 0.25) is 16.0 Å². The van der Waals surface area contributed by atoms with Gasteiger partial charge in [0.25, 0.3) is 0 Å². The van der Waals surface area contributed by atoms with E-state index in [1.54, 1.807) is 22.7 Å². The van der Waals surface area contributed by atoms with Gasteiger partial charge >= 0.3 is 0 Å². The molecule has 0 aliphatic heterocycles. The van der Waals surface area contributed by atoms with E-state index in [4.69, 9.17) is 0 Å². The van der Waals surface area contributed by atoms with Crippen molar-refractivity contribution in [2.45, 2.75) is 39.0 Å². The van der Waals surface area contributed by atoms with Crippen molar-refractivity contribution in [1.29, 1.82) is 0 Å². The maximum absolute atomic E-state index is 12.6. The molecule has 0 aliphatic rings. The second kappa shape index (κ2) is 7.27. The largest absolute Gasteiger partial charge is 0.354 e. The summed E-state index contributed by atoms with van der Waals surface area (Å²) in [6, 6.07) is 3.26. The van der Waals surface area contributed by atoms with Crippen LogP contribution >= 0.6 is 0 Å². The number of fused-ring (bicyclic) bond motifs is 1. The van der Waals surface area contributed by atoms with Crippen LogP contribution in [-0.2, 0) is 10.0 Å². The third-order valence-corrected chi connectivity index (χ3v) is 5.76. The average molecular weight is 339 g/mol. The number of nitrogens with zero attached hydrogens (tertiary/aromatic N) is 4. The molecule has 0 unspecified atom stereocenters. The first-order valence-corrected chi connectivity index (χ1v) is 9.43. The van der Waals surface area contributed by atoms with Crippen LogP contribution in [0.15, 0.2) is 23.2 Å². The minimum atomic E-state index is -3.49. The molecule has 2 heterocycles. The molecule has 0 bridgehead atoms. The van der Waals surface area contributed by atoms with Gasteiger partial charge in [0.1, 0.15) is 0 Å². The third-order valence-electron chi connectivity index (χ3n) is 3.72. The highest BCUT2D eigenvalue weighted by molar-refractivity contribution is 7.89. The highest BCUT2D eigenvalue weighted by Crippen LogP contribution is 2.18. The first kappa shape index (κ1) is 17.7. The third kappa shape index (κ3) is 3.81. The van der Waals surface area contributed by atoms with Gasteiger partial charge in [-0.15, -0.1) is 10.2 Å². The Morgan fingerprint density at radius 2 is 1.91 bits per heavy atom. The van der Waals surface area contributed by atoms with Gasteiger partial charge in [0, 0.05) is 25.8 Å². The molecule has 0 saturated carbocycles. The van der Waals surface area contributed by atoms with E-state index in [1.165, 1.54) is 4.31 Å². The van der Waals surface area contributed by atoms with Gasteiger partial charge in [0.15, 0.2) is 5.65 Å². The molecule has 0 atom stereocenters. The molecule has 2 aromatic rings. The van der Waals surface area contributed by atoms with Crippen LogP contribution in [-0.4, -0.2) is 47.0 Å². The predicted octanol–water partition coefficient (Wildman–Crippen LogP) is 2.22. The first-order valence-electron chi connectivity index (χ1n) is 7.99. The zero-order valence-electron chi connectivity index (χ0n) is 14.2. The summed E-state index contributed by atoms with van der Waals surface area (Å²) >= 11 is 0. The minimum Gasteiger partial charge on any atom is -0.354 e. The molecule has 0 radical (unpaired) electrons. The molecule has 0 fully saturated rings. The molecule has 8 heteroatoms. The molecule has 2 aromatic heterocycles. The van der Waals surface area contributed by atoms with Crippen molar-refractivity contribution < 1.29 is 8.42 Å². The second-order valence-corrected chi connectivity index (χ2v) is 7.75. The lowest BCUT2D eigenvalue weighted by atomic mass is 10.1. The summed E-state index contributed by atoms with van der Waals surface area (Å²) in [6.07, 6.45) is 2.59. The number of rotatable bonds is 8. The Morgan fingerprint density at radius 1 is 1.22 bits per heavy atom.